The Hall–Kier alpha value is -3.10. The van der Waals surface area contributed by atoms with Gasteiger partial charge in [-0.05, 0) is 36.1 Å². The predicted octanol–water partition coefficient (Wildman–Crippen LogP) is 2.25. The highest BCUT2D eigenvalue weighted by molar-refractivity contribution is 5.96. The first-order valence-corrected chi connectivity index (χ1v) is 9.69. The Morgan fingerprint density at radius 1 is 1.37 bits per heavy atom. The summed E-state index contributed by atoms with van der Waals surface area (Å²) >= 11 is 0. The van der Waals surface area contributed by atoms with E-state index in [1.54, 1.807) is 37.6 Å². The maximum Gasteiger partial charge on any atom is 0.270 e. The molecule has 1 aliphatic rings. The van der Waals surface area contributed by atoms with E-state index in [1.165, 1.54) is 6.07 Å². The summed E-state index contributed by atoms with van der Waals surface area (Å²) in [6.45, 7) is 0.623. The summed E-state index contributed by atoms with van der Waals surface area (Å²) in [5.74, 6) is -0.456. The number of nitrogens with one attached hydrogen (secondary N) is 1. The van der Waals surface area contributed by atoms with Gasteiger partial charge in [-0.25, -0.2) is 14.4 Å². The van der Waals surface area contributed by atoms with Gasteiger partial charge in [-0.3, -0.25) is 4.79 Å². The number of fused-ring (bicyclic) bond motifs is 1. The molecule has 1 amide bonds. The third kappa shape index (κ3) is 4.24. The Bertz CT molecular complexity index is 1060. The first-order valence-electron chi connectivity index (χ1n) is 9.69. The number of rotatable bonds is 5. The molecule has 2 N–H and O–H groups in total. The second kappa shape index (κ2) is 8.73. The number of methoxy groups -OCH3 is 1. The Labute approximate surface area is 172 Å². The van der Waals surface area contributed by atoms with Gasteiger partial charge in [0.15, 0.2) is 0 Å². The van der Waals surface area contributed by atoms with Crippen LogP contribution >= 0.6 is 0 Å². The number of carbonyl (C=O) groups is 1. The fraction of sp³-hybridized carbons (Fsp3) is 0.318. The molecule has 8 heteroatoms. The van der Waals surface area contributed by atoms with Crippen molar-refractivity contribution in [2.24, 2.45) is 0 Å². The molecule has 0 radical (unpaired) electrons. The van der Waals surface area contributed by atoms with Crippen molar-refractivity contribution in [3.63, 3.8) is 0 Å². The number of aliphatic hydroxyl groups excluding tert-OH is 1. The van der Waals surface area contributed by atoms with Crippen molar-refractivity contribution in [3.05, 3.63) is 65.2 Å². The zero-order valence-electron chi connectivity index (χ0n) is 16.5. The maximum atomic E-state index is 14.5. The lowest BCUT2D eigenvalue weighted by Gasteiger charge is -2.28. The number of hydrogen-bond acceptors (Lipinski definition) is 6. The lowest BCUT2D eigenvalue weighted by atomic mass is 10.00. The highest BCUT2D eigenvalue weighted by Gasteiger charge is 2.26. The SMILES string of the molecule is COc1ccc(Cc2cc(C(=O)N[C@H]3CCOC[C@@H]3O)nc3c(F)cccc23)cn1. The van der Waals surface area contributed by atoms with Crippen LogP contribution in [0.25, 0.3) is 10.9 Å². The largest absolute Gasteiger partial charge is 0.481 e. The van der Waals surface area contributed by atoms with Crippen molar-refractivity contribution >= 4 is 16.8 Å². The van der Waals surface area contributed by atoms with E-state index in [0.29, 0.717) is 30.7 Å². The van der Waals surface area contributed by atoms with Crippen molar-refractivity contribution < 1.29 is 23.8 Å². The molecular formula is C22H22FN3O4. The number of hydrogen-bond donors (Lipinski definition) is 2. The minimum atomic E-state index is -0.787. The predicted molar refractivity (Wildman–Crippen MR) is 108 cm³/mol. The minimum Gasteiger partial charge on any atom is -0.481 e. The van der Waals surface area contributed by atoms with Gasteiger partial charge in [0, 0.05) is 24.3 Å². The average molecular weight is 411 g/mol. The van der Waals surface area contributed by atoms with Crippen LogP contribution in [0.4, 0.5) is 4.39 Å². The number of amides is 1. The van der Waals surface area contributed by atoms with Gasteiger partial charge in [0.2, 0.25) is 5.88 Å². The minimum absolute atomic E-state index is 0.0998. The van der Waals surface area contributed by atoms with E-state index in [0.717, 1.165) is 11.1 Å². The normalized spacial score (nSPS) is 18.9. The topological polar surface area (TPSA) is 93.6 Å². The molecule has 4 rings (SSSR count). The van der Waals surface area contributed by atoms with Gasteiger partial charge in [-0.15, -0.1) is 0 Å². The molecule has 30 heavy (non-hydrogen) atoms. The third-order valence-corrected chi connectivity index (χ3v) is 5.15. The number of benzene rings is 1. The van der Waals surface area contributed by atoms with Crippen molar-refractivity contribution in [1.82, 2.24) is 15.3 Å². The van der Waals surface area contributed by atoms with Gasteiger partial charge >= 0.3 is 0 Å². The van der Waals surface area contributed by atoms with E-state index in [4.69, 9.17) is 9.47 Å². The highest BCUT2D eigenvalue weighted by atomic mass is 19.1. The van der Waals surface area contributed by atoms with E-state index < -0.39 is 23.9 Å². The average Bonchev–Trinajstić information content (AvgIpc) is 2.76. The van der Waals surface area contributed by atoms with Crippen LogP contribution in [0.2, 0.25) is 0 Å². The zero-order valence-corrected chi connectivity index (χ0v) is 16.5. The Kier molecular flexibility index (Phi) is 5.87. The van der Waals surface area contributed by atoms with Crippen LogP contribution in [-0.2, 0) is 11.2 Å². The quantitative estimate of drug-likeness (QED) is 0.669. The molecule has 1 fully saturated rings. The highest BCUT2D eigenvalue weighted by Crippen LogP contribution is 2.24. The maximum absolute atomic E-state index is 14.5. The summed E-state index contributed by atoms with van der Waals surface area (Å²) in [6.07, 6.45) is 1.84. The van der Waals surface area contributed by atoms with E-state index >= 15 is 0 Å². The second-order valence-electron chi connectivity index (χ2n) is 7.20. The lowest BCUT2D eigenvalue weighted by Crippen LogP contribution is -2.48. The molecule has 2 atom stereocenters. The summed E-state index contributed by atoms with van der Waals surface area (Å²) in [4.78, 5) is 21.3. The Morgan fingerprint density at radius 2 is 2.23 bits per heavy atom. The number of nitrogens with zero attached hydrogens (tertiary/aromatic N) is 2. The van der Waals surface area contributed by atoms with Crippen molar-refractivity contribution in [3.8, 4) is 5.88 Å². The molecule has 1 aromatic carbocycles. The lowest BCUT2D eigenvalue weighted by molar-refractivity contribution is -0.0261. The number of ether oxygens (including phenoxy) is 2. The molecule has 0 unspecified atom stereocenters. The molecule has 3 heterocycles. The Morgan fingerprint density at radius 3 is 2.97 bits per heavy atom. The molecule has 1 saturated heterocycles. The van der Waals surface area contributed by atoms with Crippen LogP contribution in [0.3, 0.4) is 0 Å². The van der Waals surface area contributed by atoms with Crippen molar-refractivity contribution in [1.29, 1.82) is 0 Å². The zero-order chi connectivity index (χ0) is 21.1. The number of halogens is 1. The fourth-order valence-electron chi connectivity index (χ4n) is 3.54. The molecule has 2 aromatic heterocycles. The van der Waals surface area contributed by atoms with Gasteiger partial charge in [0.25, 0.3) is 5.91 Å². The summed E-state index contributed by atoms with van der Waals surface area (Å²) in [5.41, 5.74) is 1.87. The molecule has 0 bridgehead atoms. The third-order valence-electron chi connectivity index (χ3n) is 5.15. The standard InChI is InChI=1S/C22H22FN3O4/c1-29-20-6-5-13(11-24-20)9-14-10-18(25-21-15(14)3-2-4-16(21)23)22(28)26-17-7-8-30-12-19(17)27/h2-6,10-11,17,19,27H,7-9,12H2,1H3,(H,26,28)/t17-,19-/m0/s1. The number of para-hydroxylation sites is 1. The van der Waals surface area contributed by atoms with Crippen LogP contribution in [0, 0.1) is 5.82 Å². The molecule has 1 aliphatic heterocycles. The summed E-state index contributed by atoms with van der Waals surface area (Å²) in [7, 11) is 1.54. The number of aliphatic hydroxyl groups is 1. The first-order chi connectivity index (χ1) is 14.5. The van der Waals surface area contributed by atoms with Gasteiger partial charge in [-0.2, -0.15) is 0 Å². The first kappa shape index (κ1) is 20.2. The van der Waals surface area contributed by atoms with Crippen molar-refractivity contribution in [2.45, 2.75) is 25.0 Å². The molecule has 0 saturated carbocycles. The molecule has 3 aromatic rings. The molecule has 156 valence electrons. The summed E-state index contributed by atoms with van der Waals surface area (Å²) < 4.78 is 24.8. The van der Waals surface area contributed by atoms with E-state index in [-0.39, 0.29) is 17.8 Å². The van der Waals surface area contributed by atoms with Gasteiger partial charge in [0.1, 0.15) is 17.0 Å². The van der Waals surface area contributed by atoms with Gasteiger partial charge in [0.05, 0.1) is 25.9 Å². The number of carbonyl (C=O) groups excluding carboxylic acids is 1. The van der Waals surface area contributed by atoms with Crippen LogP contribution in [0.15, 0.2) is 42.6 Å². The van der Waals surface area contributed by atoms with Crippen molar-refractivity contribution in [2.75, 3.05) is 20.3 Å². The fourth-order valence-corrected chi connectivity index (χ4v) is 3.54. The molecule has 0 spiro atoms. The molecule has 7 nitrogen and oxygen atoms in total. The molecular weight excluding hydrogens is 389 g/mol. The van der Waals surface area contributed by atoms with Gasteiger partial charge in [-0.1, -0.05) is 18.2 Å². The smallest absolute Gasteiger partial charge is 0.270 e. The van der Waals surface area contributed by atoms with Crippen LogP contribution < -0.4 is 10.1 Å². The van der Waals surface area contributed by atoms with E-state index in [2.05, 4.69) is 15.3 Å². The van der Waals surface area contributed by atoms with E-state index in [1.807, 2.05) is 6.07 Å². The monoisotopic (exact) mass is 411 g/mol. The summed E-state index contributed by atoms with van der Waals surface area (Å²) in [6, 6.07) is 9.56. The van der Waals surface area contributed by atoms with Crippen LogP contribution in [0.1, 0.15) is 28.0 Å². The summed E-state index contributed by atoms with van der Waals surface area (Å²) in [5, 5.41) is 13.5. The van der Waals surface area contributed by atoms with Gasteiger partial charge < -0.3 is 19.9 Å². The molecule has 0 aliphatic carbocycles. The number of aromatic nitrogens is 2. The Balaban J connectivity index is 1.68. The van der Waals surface area contributed by atoms with Crippen LogP contribution in [-0.4, -0.2) is 53.5 Å². The van der Waals surface area contributed by atoms with Crippen LogP contribution in [0.5, 0.6) is 5.88 Å². The van der Waals surface area contributed by atoms with E-state index in [9.17, 15) is 14.3 Å². The second-order valence-corrected chi connectivity index (χ2v) is 7.20. The number of pyridine rings is 2.